The number of nitrogens with zero attached hydrogens (tertiary/aromatic N) is 2. The van der Waals surface area contributed by atoms with Crippen LogP contribution in [0.15, 0.2) is 0 Å². The third-order valence-electron chi connectivity index (χ3n) is 4.40. The molecular formula is C14H25N3O4. The van der Waals surface area contributed by atoms with Gasteiger partial charge in [-0.05, 0) is 25.9 Å². The summed E-state index contributed by atoms with van der Waals surface area (Å²) in [5.74, 6) is -0.980. The summed E-state index contributed by atoms with van der Waals surface area (Å²) >= 11 is 0. The van der Waals surface area contributed by atoms with Gasteiger partial charge >= 0.3 is 12.0 Å². The smallest absolute Gasteiger partial charge is 0.329 e. The number of carboxylic acids is 1. The molecule has 0 aromatic carbocycles. The van der Waals surface area contributed by atoms with Gasteiger partial charge in [-0.3, -0.25) is 0 Å². The van der Waals surface area contributed by atoms with E-state index >= 15 is 0 Å². The van der Waals surface area contributed by atoms with E-state index in [-0.39, 0.29) is 6.03 Å². The summed E-state index contributed by atoms with van der Waals surface area (Å²) < 4.78 is 5.20. The Balaban J connectivity index is 1.84. The van der Waals surface area contributed by atoms with Crippen molar-refractivity contribution in [1.82, 2.24) is 15.1 Å². The molecule has 2 heterocycles. The van der Waals surface area contributed by atoms with Crippen LogP contribution < -0.4 is 5.32 Å². The fourth-order valence-corrected chi connectivity index (χ4v) is 2.81. The molecule has 0 spiro atoms. The molecule has 2 aliphatic rings. The minimum absolute atomic E-state index is 0.314. The Morgan fingerprint density at radius 3 is 2.48 bits per heavy atom. The molecule has 2 aliphatic heterocycles. The number of carbonyl (C=O) groups excluding carboxylic acids is 1. The molecule has 0 bridgehead atoms. The number of likely N-dealkylation sites (N-methyl/N-ethyl adjacent to an activating group) is 1. The predicted molar refractivity (Wildman–Crippen MR) is 77.3 cm³/mol. The van der Waals surface area contributed by atoms with Gasteiger partial charge in [0, 0.05) is 46.2 Å². The van der Waals surface area contributed by atoms with Crippen LogP contribution in [-0.2, 0) is 9.53 Å². The molecule has 0 saturated carbocycles. The summed E-state index contributed by atoms with van der Waals surface area (Å²) in [6, 6.07) is -0.321. The number of hydrogen-bond acceptors (Lipinski definition) is 4. The number of aliphatic carboxylic acids is 1. The van der Waals surface area contributed by atoms with Crippen molar-refractivity contribution in [2.45, 2.75) is 31.2 Å². The predicted octanol–water partition coefficient (Wildman–Crippen LogP) is 0.357. The molecule has 0 aromatic rings. The van der Waals surface area contributed by atoms with Gasteiger partial charge in [0.05, 0.1) is 0 Å². The second-order valence-corrected chi connectivity index (χ2v) is 5.90. The number of ether oxygens (including phenoxy) is 1. The Hall–Kier alpha value is -1.34. The van der Waals surface area contributed by atoms with Crippen molar-refractivity contribution in [3.63, 3.8) is 0 Å². The molecule has 7 nitrogen and oxygen atoms in total. The molecule has 2 rings (SSSR count). The first-order valence-corrected chi connectivity index (χ1v) is 7.60. The summed E-state index contributed by atoms with van der Waals surface area (Å²) in [6.45, 7) is 4.36. The lowest BCUT2D eigenvalue weighted by molar-refractivity contribution is -0.148. The maximum atomic E-state index is 12.2. The Morgan fingerprint density at radius 2 is 1.90 bits per heavy atom. The molecule has 2 N–H and O–H groups in total. The SMILES string of the molecule is CN(CCN1CCCC1)C(=O)NC1(C(=O)O)CCOCC1. The molecule has 0 aliphatic carbocycles. The zero-order chi connectivity index (χ0) is 15.3. The normalized spacial score (nSPS) is 22.0. The van der Waals surface area contributed by atoms with Crippen molar-refractivity contribution >= 4 is 12.0 Å². The van der Waals surface area contributed by atoms with Crippen LogP contribution in [0.5, 0.6) is 0 Å². The topological polar surface area (TPSA) is 82.1 Å². The van der Waals surface area contributed by atoms with E-state index in [9.17, 15) is 14.7 Å². The van der Waals surface area contributed by atoms with Crippen molar-refractivity contribution < 1.29 is 19.4 Å². The first-order chi connectivity index (χ1) is 10.0. The molecule has 2 fully saturated rings. The highest BCUT2D eigenvalue weighted by molar-refractivity contribution is 5.86. The van der Waals surface area contributed by atoms with Crippen LogP contribution in [0, 0.1) is 0 Å². The molecule has 2 saturated heterocycles. The monoisotopic (exact) mass is 299 g/mol. The summed E-state index contributed by atoms with van der Waals surface area (Å²) in [4.78, 5) is 27.6. The van der Waals surface area contributed by atoms with E-state index in [1.807, 2.05) is 0 Å². The molecule has 0 radical (unpaired) electrons. The molecule has 0 atom stereocenters. The van der Waals surface area contributed by atoms with Gasteiger partial charge in [-0.25, -0.2) is 9.59 Å². The first kappa shape index (κ1) is 16.0. The molecule has 0 aromatic heterocycles. The van der Waals surface area contributed by atoms with Crippen molar-refractivity contribution in [3.8, 4) is 0 Å². The van der Waals surface area contributed by atoms with Crippen LogP contribution in [0.4, 0.5) is 4.79 Å². The van der Waals surface area contributed by atoms with Gasteiger partial charge < -0.3 is 25.0 Å². The minimum Gasteiger partial charge on any atom is -0.480 e. The number of carbonyl (C=O) groups is 2. The Morgan fingerprint density at radius 1 is 1.29 bits per heavy atom. The van der Waals surface area contributed by atoms with E-state index in [1.54, 1.807) is 11.9 Å². The van der Waals surface area contributed by atoms with E-state index in [0.717, 1.165) is 19.6 Å². The molecule has 0 unspecified atom stereocenters. The lowest BCUT2D eigenvalue weighted by Gasteiger charge is -2.35. The fraction of sp³-hybridized carbons (Fsp3) is 0.857. The van der Waals surface area contributed by atoms with Crippen LogP contribution in [0.3, 0.4) is 0 Å². The summed E-state index contributed by atoms with van der Waals surface area (Å²) in [5, 5.41) is 12.1. The van der Waals surface area contributed by atoms with Crippen LogP contribution in [-0.4, -0.2) is 78.9 Å². The maximum absolute atomic E-state index is 12.2. The molecule has 2 amide bonds. The number of carboxylic acid groups (broad SMARTS) is 1. The highest BCUT2D eigenvalue weighted by Crippen LogP contribution is 2.21. The van der Waals surface area contributed by atoms with Crippen molar-refractivity contribution in [2.75, 3.05) is 46.4 Å². The van der Waals surface area contributed by atoms with Gasteiger partial charge in [-0.1, -0.05) is 0 Å². The Kier molecular flexibility index (Phi) is 5.41. The molecule has 7 heteroatoms. The summed E-state index contributed by atoms with van der Waals surface area (Å²) in [5.41, 5.74) is -1.18. The second kappa shape index (κ2) is 7.09. The van der Waals surface area contributed by atoms with E-state index in [2.05, 4.69) is 10.2 Å². The van der Waals surface area contributed by atoms with E-state index in [1.165, 1.54) is 12.8 Å². The quantitative estimate of drug-likeness (QED) is 0.766. The van der Waals surface area contributed by atoms with Gasteiger partial charge in [0.2, 0.25) is 0 Å². The third-order valence-corrected chi connectivity index (χ3v) is 4.40. The molecule has 21 heavy (non-hydrogen) atoms. The van der Waals surface area contributed by atoms with Gasteiger partial charge in [0.15, 0.2) is 0 Å². The van der Waals surface area contributed by atoms with Crippen LogP contribution in [0.1, 0.15) is 25.7 Å². The number of urea groups is 1. The van der Waals surface area contributed by atoms with Gasteiger partial charge in [0.25, 0.3) is 0 Å². The lowest BCUT2D eigenvalue weighted by Crippen LogP contribution is -2.60. The standard InChI is InChI=1S/C14H25N3O4/c1-16(8-9-17-6-2-3-7-17)13(20)15-14(12(18)19)4-10-21-11-5-14/h2-11H2,1H3,(H,15,20)(H,18,19). The van der Waals surface area contributed by atoms with Crippen LogP contribution in [0.25, 0.3) is 0 Å². The zero-order valence-corrected chi connectivity index (χ0v) is 12.6. The largest absolute Gasteiger partial charge is 0.480 e. The first-order valence-electron chi connectivity index (χ1n) is 7.60. The highest BCUT2D eigenvalue weighted by atomic mass is 16.5. The van der Waals surface area contributed by atoms with Crippen molar-refractivity contribution in [3.05, 3.63) is 0 Å². The Labute approximate surface area is 125 Å². The van der Waals surface area contributed by atoms with Crippen LogP contribution >= 0.6 is 0 Å². The van der Waals surface area contributed by atoms with Gasteiger partial charge in [-0.15, -0.1) is 0 Å². The third kappa shape index (κ3) is 4.07. The van der Waals surface area contributed by atoms with Crippen molar-refractivity contribution in [1.29, 1.82) is 0 Å². The average molecular weight is 299 g/mol. The zero-order valence-electron chi connectivity index (χ0n) is 12.6. The van der Waals surface area contributed by atoms with E-state index in [4.69, 9.17) is 4.74 Å². The number of nitrogens with one attached hydrogen (secondary N) is 1. The number of hydrogen-bond donors (Lipinski definition) is 2. The lowest BCUT2D eigenvalue weighted by atomic mass is 9.90. The average Bonchev–Trinajstić information content (AvgIpc) is 2.98. The maximum Gasteiger partial charge on any atom is 0.329 e. The second-order valence-electron chi connectivity index (χ2n) is 5.90. The van der Waals surface area contributed by atoms with Crippen molar-refractivity contribution in [2.24, 2.45) is 0 Å². The fourth-order valence-electron chi connectivity index (χ4n) is 2.81. The van der Waals surface area contributed by atoms with Gasteiger partial charge in [0.1, 0.15) is 5.54 Å². The summed E-state index contributed by atoms with van der Waals surface area (Å²) in [7, 11) is 1.71. The number of amides is 2. The van der Waals surface area contributed by atoms with Crippen LogP contribution in [0.2, 0.25) is 0 Å². The minimum atomic E-state index is -1.18. The highest BCUT2D eigenvalue weighted by Gasteiger charge is 2.42. The van der Waals surface area contributed by atoms with E-state index < -0.39 is 11.5 Å². The molecule has 120 valence electrons. The summed E-state index contributed by atoms with van der Waals surface area (Å²) in [6.07, 6.45) is 3.07. The number of likely N-dealkylation sites (tertiary alicyclic amines) is 1. The van der Waals surface area contributed by atoms with Gasteiger partial charge in [-0.2, -0.15) is 0 Å². The molecular weight excluding hydrogens is 274 g/mol. The van der Waals surface area contributed by atoms with E-state index in [0.29, 0.717) is 32.6 Å². The Bertz CT molecular complexity index is 376. The number of rotatable bonds is 5.